The number of rotatable bonds is 2. The van der Waals surface area contributed by atoms with Crippen molar-refractivity contribution in [3.8, 4) is 0 Å². The molecule has 0 aromatic heterocycles. The summed E-state index contributed by atoms with van der Waals surface area (Å²) in [5, 5.41) is 0. The van der Waals surface area contributed by atoms with Gasteiger partial charge in [-0.2, -0.15) is 0 Å². The fourth-order valence-electron chi connectivity index (χ4n) is 1.66. The molecule has 0 aromatic rings. The molecule has 0 aliphatic heterocycles. The number of hydrogen-bond acceptors (Lipinski definition) is 0. The molecule has 1 aliphatic rings. The van der Waals surface area contributed by atoms with Crippen molar-refractivity contribution in [2.24, 2.45) is 0 Å². The average molecular weight is 174 g/mol. The molecule has 1 rings (SSSR count). The van der Waals surface area contributed by atoms with E-state index in [9.17, 15) is 0 Å². The average Bonchev–Trinajstić information content (AvgIpc) is 2.34. The van der Waals surface area contributed by atoms with E-state index in [0.29, 0.717) is 0 Å². The molecule has 0 N–H and O–H groups in total. The predicted molar refractivity (Wildman–Crippen MR) is 59.6 cm³/mol. The maximum Gasteiger partial charge on any atom is -0.0129 e. The Labute approximate surface area is 81.4 Å². The molecule has 0 amide bonds. The van der Waals surface area contributed by atoms with Gasteiger partial charge in [0, 0.05) is 0 Å². The summed E-state index contributed by atoms with van der Waals surface area (Å²) in [6.07, 6.45) is 13.1. The van der Waals surface area contributed by atoms with E-state index < -0.39 is 0 Å². The second-order valence-corrected chi connectivity index (χ2v) is 3.35. The number of hydrogen-bond donors (Lipinski definition) is 0. The Hall–Kier alpha value is -1.04. The zero-order chi connectivity index (χ0) is 9.68. The van der Waals surface area contributed by atoms with Crippen LogP contribution in [0.5, 0.6) is 0 Å². The van der Waals surface area contributed by atoms with E-state index in [-0.39, 0.29) is 0 Å². The summed E-state index contributed by atoms with van der Waals surface area (Å²) in [4.78, 5) is 0. The van der Waals surface area contributed by atoms with Gasteiger partial charge in [0.1, 0.15) is 0 Å². The lowest BCUT2D eigenvalue weighted by Gasteiger charge is -2.08. The summed E-state index contributed by atoms with van der Waals surface area (Å²) in [6, 6.07) is 0. The molecule has 0 bridgehead atoms. The van der Waals surface area contributed by atoms with Gasteiger partial charge in [0.25, 0.3) is 0 Å². The van der Waals surface area contributed by atoms with Crippen LogP contribution in [0, 0.1) is 0 Å². The summed E-state index contributed by atoms with van der Waals surface area (Å²) in [5.74, 6) is 0. The molecule has 0 radical (unpaired) electrons. The molecule has 0 atom stereocenters. The molecule has 1 aliphatic carbocycles. The summed E-state index contributed by atoms with van der Waals surface area (Å²) < 4.78 is 0. The maximum absolute atomic E-state index is 2.22. The minimum Gasteiger partial charge on any atom is -0.0839 e. The van der Waals surface area contributed by atoms with Gasteiger partial charge in [-0.1, -0.05) is 42.9 Å². The summed E-state index contributed by atoms with van der Waals surface area (Å²) in [5.41, 5.74) is 4.35. The first-order valence-corrected chi connectivity index (χ1v) is 4.98. The smallest absolute Gasteiger partial charge is 0.0129 e. The van der Waals surface area contributed by atoms with Gasteiger partial charge in [0.05, 0.1) is 0 Å². The van der Waals surface area contributed by atoms with Gasteiger partial charge in [-0.15, -0.1) is 0 Å². The minimum atomic E-state index is 1.08. The second kappa shape index (κ2) is 4.86. The van der Waals surface area contributed by atoms with Crippen LogP contribution < -0.4 is 0 Å². The third-order valence-electron chi connectivity index (χ3n) is 2.47. The van der Waals surface area contributed by atoms with Crippen LogP contribution in [0.2, 0.25) is 0 Å². The third-order valence-corrected chi connectivity index (χ3v) is 2.47. The zero-order valence-electron chi connectivity index (χ0n) is 8.80. The second-order valence-electron chi connectivity index (χ2n) is 3.35. The van der Waals surface area contributed by atoms with E-state index in [1.54, 1.807) is 0 Å². The quantitative estimate of drug-likeness (QED) is 0.589. The van der Waals surface area contributed by atoms with Crippen molar-refractivity contribution < 1.29 is 0 Å². The number of allylic oxidation sites excluding steroid dienone is 8. The van der Waals surface area contributed by atoms with Crippen molar-refractivity contribution in [3.05, 3.63) is 47.1 Å². The van der Waals surface area contributed by atoms with Gasteiger partial charge >= 0.3 is 0 Å². The normalized spacial score (nSPS) is 17.9. The highest BCUT2D eigenvalue weighted by Crippen LogP contribution is 2.23. The third kappa shape index (κ3) is 2.45. The summed E-state index contributed by atoms with van der Waals surface area (Å²) >= 11 is 0. The molecule has 0 nitrogen and oxygen atoms in total. The molecule has 0 saturated carbocycles. The van der Waals surface area contributed by atoms with Crippen molar-refractivity contribution in [2.45, 2.75) is 33.6 Å². The molecular formula is C13H18. The Morgan fingerprint density at radius 1 is 1.46 bits per heavy atom. The molecule has 0 heteroatoms. The van der Waals surface area contributed by atoms with Crippen molar-refractivity contribution in [3.63, 3.8) is 0 Å². The molecule has 0 fully saturated rings. The van der Waals surface area contributed by atoms with E-state index in [1.165, 1.54) is 16.7 Å². The molecule has 0 heterocycles. The fraction of sp³-hybridized carbons (Fsp3) is 0.385. The maximum atomic E-state index is 2.22. The van der Waals surface area contributed by atoms with Crippen LogP contribution in [0.4, 0.5) is 0 Å². The predicted octanol–water partition coefficient (Wildman–Crippen LogP) is 4.18. The largest absolute Gasteiger partial charge is 0.0839 e. The standard InChI is InChI=1S/C13H18/c1-4-12(5-2)13-10-8-6-7-9-11(13)3/h4,6-8,10H,5,9H2,1-3H3/b12-4-. The first kappa shape index (κ1) is 10.0. The van der Waals surface area contributed by atoms with Crippen LogP contribution in [0.1, 0.15) is 33.6 Å². The lowest BCUT2D eigenvalue weighted by Crippen LogP contribution is -1.89. The lowest BCUT2D eigenvalue weighted by atomic mass is 9.97. The molecule has 0 saturated heterocycles. The molecule has 0 unspecified atom stereocenters. The highest BCUT2D eigenvalue weighted by atomic mass is 14.1. The molecular weight excluding hydrogens is 156 g/mol. The Kier molecular flexibility index (Phi) is 3.75. The SMILES string of the molecule is C/C=C(/CC)C1=C(C)CC=CC=C1. The van der Waals surface area contributed by atoms with Crippen molar-refractivity contribution in [2.75, 3.05) is 0 Å². The van der Waals surface area contributed by atoms with E-state index >= 15 is 0 Å². The van der Waals surface area contributed by atoms with Crippen LogP contribution in [0.25, 0.3) is 0 Å². The first-order valence-electron chi connectivity index (χ1n) is 4.98. The van der Waals surface area contributed by atoms with Crippen LogP contribution in [0.3, 0.4) is 0 Å². The zero-order valence-corrected chi connectivity index (χ0v) is 8.80. The molecule has 0 aromatic carbocycles. The van der Waals surface area contributed by atoms with E-state index in [4.69, 9.17) is 0 Å². The van der Waals surface area contributed by atoms with E-state index in [0.717, 1.165) is 12.8 Å². The minimum absolute atomic E-state index is 1.08. The summed E-state index contributed by atoms with van der Waals surface area (Å²) in [7, 11) is 0. The van der Waals surface area contributed by atoms with Crippen LogP contribution in [0.15, 0.2) is 47.1 Å². The van der Waals surface area contributed by atoms with Gasteiger partial charge in [-0.25, -0.2) is 0 Å². The van der Waals surface area contributed by atoms with Gasteiger partial charge in [-0.05, 0) is 37.8 Å². The lowest BCUT2D eigenvalue weighted by molar-refractivity contribution is 1.08. The Morgan fingerprint density at radius 2 is 2.23 bits per heavy atom. The monoisotopic (exact) mass is 174 g/mol. The van der Waals surface area contributed by atoms with E-state index in [2.05, 4.69) is 51.2 Å². The van der Waals surface area contributed by atoms with Gasteiger partial charge in [0.2, 0.25) is 0 Å². The summed E-state index contributed by atoms with van der Waals surface area (Å²) in [6.45, 7) is 6.54. The van der Waals surface area contributed by atoms with Crippen molar-refractivity contribution in [1.29, 1.82) is 0 Å². The first-order chi connectivity index (χ1) is 6.29. The van der Waals surface area contributed by atoms with Crippen molar-refractivity contribution in [1.82, 2.24) is 0 Å². The topological polar surface area (TPSA) is 0 Å². The molecule has 70 valence electrons. The highest BCUT2D eigenvalue weighted by Gasteiger charge is 2.03. The fourth-order valence-corrected chi connectivity index (χ4v) is 1.66. The Balaban J connectivity index is 3.01. The Bertz CT molecular complexity index is 285. The van der Waals surface area contributed by atoms with Gasteiger partial charge in [0.15, 0.2) is 0 Å². The van der Waals surface area contributed by atoms with E-state index in [1.807, 2.05) is 0 Å². The van der Waals surface area contributed by atoms with Gasteiger partial charge in [-0.3, -0.25) is 0 Å². The van der Waals surface area contributed by atoms with Crippen LogP contribution in [-0.4, -0.2) is 0 Å². The Morgan fingerprint density at radius 3 is 2.85 bits per heavy atom. The van der Waals surface area contributed by atoms with Crippen LogP contribution in [-0.2, 0) is 0 Å². The van der Waals surface area contributed by atoms with Crippen LogP contribution >= 0.6 is 0 Å². The van der Waals surface area contributed by atoms with Gasteiger partial charge < -0.3 is 0 Å². The highest BCUT2D eigenvalue weighted by molar-refractivity contribution is 5.45. The molecule has 0 spiro atoms. The molecule has 13 heavy (non-hydrogen) atoms. The van der Waals surface area contributed by atoms with Crippen molar-refractivity contribution >= 4 is 0 Å².